The van der Waals surface area contributed by atoms with E-state index in [4.69, 9.17) is 0 Å². The number of aryl methyl sites for hydroxylation is 2. The van der Waals surface area contributed by atoms with Crippen molar-refractivity contribution in [3.05, 3.63) is 47.1 Å². The highest BCUT2D eigenvalue weighted by atomic mass is 32.2. The van der Waals surface area contributed by atoms with Crippen LogP contribution in [0.15, 0.2) is 41.6 Å². The Labute approximate surface area is 163 Å². The zero-order valence-corrected chi connectivity index (χ0v) is 17.0. The minimum atomic E-state index is -3.47. The van der Waals surface area contributed by atoms with Gasteiger partial charge in [0.15, 0.2) is 0 Å². The zero-order chi connectivity index (χ0) is 19.0. The predicted octanol–water partition coefficient (Wildman–Crippen LogP) is 3.26. The van der Waals surface area contributed by atoms with Gasteiger partial charge in [-0.2, -0.15) is 0 Å². The van der Waals surface area contributed by atoms with Gasteiger partial charge in [0, 0.05) is 24.0 Å². The molecule has 27 heavy (non-hydrogen) atoms. The lowest BCUT2D eigenvalue weighted by Crippen LogP contribution is -2.44. The highest BCUT2D eigenvalue weighted by molar-refractivity contribution is 7.89. The Kier molecular flexibility index (Phi) is 4.88. The largest absolute Gasteiger partial charge is 0.356 e. The summed E-state index contributed by atoms with van der Waals surface area (Å²) in [5.41, 5.74) is 1.23. The van der Waals surface area contributed by atoms with Crippen molar-refractivity contribution in [2.45, 2.75) is 37.6 Å². The molecule has 0 saturated carbocycles. The summed E-state index contributed by atoms with van der Waals surface area (Å²) in [5, 5.41) is 1.13. The van der Waals surface area contributed by atoms with E-state index in [1.165, 1.54) is 10.4 Å². The maximum atomic E-state index is 12.5. The highest BCUT2D eigenvalue weighted by Crippen LogP contribution is 2.35. The number of nitrogens with zero attached hydrogens (tertiary/aromatic N) is 3. The molecule has 3 heterocycles. The number of hydrogen-bond donors (Lipinski definition) is 1. The molecule has 0 radical (unpaired) electrons. The fraction of sp³-hybridized carbons (Fsp3) is 0.368. The molecule has 0 unspecified atom stereocenters. The van der Waals surface area contributed by atoms with Crippen LogP contribution >= 0.6 is 11.3 Å². The summed E-state index contributed by atoms with van der Waals surface area (Å²) in [5.74, 6) is 0.964. The second-order valence-electron chi connectivity index (χ2n) is 6.86. The maximum Gasteiger partial charge on any atom is 0.240 e. The predicted molar refractivity (Wildman–Crippen MR) is 109 cm³/mol. The number of aromatic nitrogens is 2. The summed E-state index contributed by atoms with van der Waals surface area (Å²) in [6, 6.07) is 8.47. The standard InChI is InChI=1S/C19H22N4O2S2/c1-13-14(2)26-19-17(13)18(20-12-21-19)23-10-8-15(9-11-23)22-27(24,25)16-6-4-3-5-7-16/h3-7,12,15,22H,8-11H2,1-2H3. The van der Waals surface area contributed by atoms with Crippen molar-refractivity contribution in [3.63, 3.8) is 0 Å². The van der Waals surface area contributed by atoms with Gasteiger partial charge in [-0.15, -0.1) is 11.3 Å². The first-order valence-electron chi connectivity index (χ1n) is 8.99. The van der Waals surface area contributed by atoms with E-state index < -0.39 is 10.0 Å². The lowest BCUT2D eigenvalue weighted by molar-refractivity contribution is 0.459. The van der Waals surface area contributed by atoms with Gasteiger partial charge in [0.25, 0.3) is 0 Å². The lowest BCUT2D eigenvalue weighted by atomic mass is 10.1. The van der Waals surface area contributed by atoms with Crippen LogP contribution in [0.4, 0.5) is 5.82 Å². The van der Waals surface area contributed by atoms with Crippen LogP contribution < -0.4 is 9.62 Å². The van der Waals surface area contributed by atoms with Gasteiger partial charge in [0.2, 0.25) is 10.0 Å². The van der Waals surface area contributed by atoms with Crippen LogP contribution in [-0.4, -0.2) is 37.5 Å². The second-order valence-corrected chi connectivity index (χ2v) is 9.77. The number of rotatable bonds is 4. The Morgan fingerprint density at radius 2 is 1.81 bits per heavy atom. The van der Waals surface area contributed by atoms with Crippen LogP contribution in [-0.2, 0) is 10.0 Å². The number of anilines is 1. The fourth-order valence-electron chi connectivity index (χ4n) is 3.50. The first kappa shape index (κ1) is 18.3. The Morgan fingerprint density at radius 3 is 2.52 bits per heavy atom. The van der Waals surface area contributed by atoms with Crippen molar-refractivity contribution in [3.8, 4) is 0 Å². The van der Waals surface area contributed by atoms with E-state index >= 15 is 0 Å². The monoisotopic (exact) mass is 402 g/mol. The number of fused-ring (bicyclic) bond motifs is 1. The molecule has 1 fully saturated rings. The summed E-state index contributed by atoms with van der Waals surface area (Å²) in [6.45, 7) is 5.75. The topological polar surface area (TPSA) is 75.2 Å². The molecule has 1 aliphatic rings. The molecular formula is C19H22N4O2S2. The van der Waals surface area contributed by atoms with Crippen LogP contribution in [0, 0.1) is 13.8 Å². The van der Waals surface area contributed by atoms with Crippen molar-refractivity contribution < 1.29 is 8.42 Å². The summed E-state index contributed by atoms with van der Waals surface area (Å²) < 4.78 is 27.9. The number of piperidine rings is 1. The zero-order valence-electron chi connectivity index (χ0n) is 15.3. The molecule has 1 N–H and O–H groups in total. The van der Waals surface area contributed by atoms with Crippen molar-refractivity contribution >= 4 is 37.4 Å². The number of benzene rings is 1. The number of sulfonamides is 1. The number of hydrogen-bond acceptors (Lipinski definition) is 6. The molecule has 8 heteroatoms. The third-order valence-electron chi connectivity index (χ3n) is 5.12. The molecule has 2 aromatic heterocycles. The molecule has 3 aromatic rings. The number of thiophene rings is 1. The Hall–Kier alpha value is -2.03. The van der Waals surface area contributed by atoms with E-state index in [0.29, 0.717) is 4.90 Å². The Bertz CT molecular complexity index is 1060. The maximum absolute atomic E-state index is 12.5. The van der Waals surface area contributed by atoms with Crippen LogP contribution in [0.25, 0.3) is 10.2 Å². The molecule has 0 aliphatic carbocycles. The highest BCUT2D eigenvalue weighted by Gasteiger charge is 2.26. The third-order valence-corrected chi connectivity index (χ3v) is 7.77. The molecular weight excluding hydrogens is 380 g/mol. The van der Waals surface area contributed by atoms with Crippen molar-refractivity contribution in [2.24, 2.45) is 0 Å². The van der Waals surface area contributed by atoms with Gasteiger partial charge in [-0.05, 0) is 44.4 Å². The first-order chi connectivity index (χ1) is 13.0. The summed E-state index contributed by atoms with van der Waals surface area (Å²) >= 11 is 1.69. The van der Waals surface area contributed by atoms with Crippen molar-refractivity contribution in [2.75, 3.05) is 18.0 Å². The van der Waals surface area contributed by atoms with Crippen LogP contribution in [0.3, 0.4) is 0 Å². The average Bonchev–Trinajstić information content (AvgIpc) is 2.97. The molecule has 1 aromatic carbocycles. The van der Waals surface area contributed by atoms with Crippen LogP contribution in [0.1, 0.15) is 23.3 Å². The fourth-order valence-corrected chi connectivity index (χ4v) is 5.82. The van der Waals surface area contributed by atoms with E-state index in [2.05, 4.69) is 33.4 Å². The Balaban J connectivity index is 1.49. The quantitative estimate of drug-likeness (QED) is 0.725. The van der Waals surface area contributed by atoms with Gasteiger partial charge in [0.05, 0.1) is 10.3 Å². The molecule has 0 atom stereocenters. The van der Waals surface area contributed by atoms with Crippen LogP contribution in [0.5, 0.6) is 0 Å². The summed E-state index contributed by atoms with van der Waals surface area (Å²) in [7, 11) is -3.47. The minimum Gasteiger partial charge on any atom is -0.356 e. The molecule has 0 amide bonds. The van der Waals surface area contributed by atoms with Gasteiger partial charge in [-0.3, -0.25) is 0 Å². The van der Waals surface area contributed by atoms with E-state index in [0.717, 1.165) is 42.0 Å². The van der Waals surface area contributed by atoms with E-state index in [1.54, 1.807) is 41.9 Å². The molecule has 0 bridgehead atoms. The van der Waals surface area contributed by atoms with E-state index in [-0.39, 0.29) is 6.04 Å². The van der Waals surface area contributed by atoms with E-state index in [9.17, 15) is 8.42 Å². The smallest absolute Gasteiger partial charge is 0.240 e. The number of nitrogens with one attached hydrogen (secondary N) is 1. The van der Waals surface area contributed by atoms with Gasteiger partial charge in [0.1, 0.15) is 17.0 Å². The van der Waals surface area contributed by atoms with Gasteiger partial charge >= 0.3 is 0 Å². The third kappa shape index (κ3) is 3.56. The summed E-state index contributed by atoms with van der Waals surface area (Å²) in [6.07, 6.45) is 3.12. The van der Waals surface area contributed by atoms with Crippen LogP contribution in [0.2, 0.25) is 0 Å². The van der Waals surface area contributed by atoms with Gasteiger partial charge < -0.3 is 4.90 Å². The molecule has 6 nitrogen and oxygen atoms in total. The SMILES string of the molecule is Cc1sc2ncnc(N3CCC(NS(=O)(=O)c4ccccc4)CC3)c2c1C. The van der Waals surface area contributed by atoms with Crippen molar-refractivity contribution in [1.29, 1.82) is 0 Å². The molecule has 142 valence electrons. The molecule has 4 rings (SSSR count). The average molecular weight is 403 g/mol. The Morgan fingerprint density at radius 1 is 1.11 bits per heavy atom. The minimum absolute atomic E-state index is 0.0610. The molecule has 1 saturated heterocycles. The normalized spacial score (nSPS) is 16.1. The lowest BCUT2D eigenvalue weighted by Gasteiger charge is -2.33. The van der Waals surface area contributed by atoms with Crippen molar-refractivity contribution in [1.82, 2.24) is 14.7 Å². The molecule has 0 spiro atoms. The summed E-state index contributed by atoms with van der Waals surface area (Å²) in [4.78, 5) is 13.8. The van der Waals surface area contributed by atoms with E-state index in [1.807, 2.05) is 6.07 Å². The van der Waals surface area contributed by atoms with Gasteiger partial charge in [-0.1, -0.05) is 18.2 Å². The molecule has 1 aliphatic heterocycles. The second kappa shape index (κ2) is 7.18. The van der Waals surface area contributed by atoms with Gasteiger partial charge in [-0.25, -0.2) is 23.1 Å². The first-order valence-corrected chi connectivity index (χ1v) is 11.3.